The Labute approximate surface area is 156 Å². The van der Waals surface area contributed by atoms with E-state index in [0.717, 1.165) is 38.1 Å². The Bertz CT molecular complexity index is 328. The molecule has 0 saturated heterocycles. The number of hydrogen-bond acceptors (Lipinski definition) is 4. The van der Waals surface area contributed by atoms with Gasteiger partial charge in [-0.25, -0.2) is 0 Å². The van der Waals surface area contributed by atoms with Crippen LogP contribution in [0.15, 0.2) is 24.4 Å². The third-order valence-electron chi connectivity index (χ3n) is 2.30. The Morgan fingerprint density at radius 3 is 2.55 bits per heavy atom. The normalized spacial score (nSPS) is 8.80. The molecule has 4 N–H and O–H groups in total. The van der Waals surface area contributed by atoms with Gasteiger partial charge in [0.25, 0.3) is 0 Å². The van der Waals surface area contributed by atoms with Crippen molar-refractivity contribution in [1.29, 1.82) is 5.41 Å². The van der Waals surface area contributed by atoms with Crippen molar-refractivity contribution in [3.05, 3.63) is 30.1 Å². The minimum atomic E-state index is 0. The number of thioether (sulfide) groups is 1. The number of hydrogen-bond donors (Lipinski definition) is 3. The van der Waals surface area contributed by atoms with Gasteiger partial charge in [-0.1, -0.05) is 17.8 Å². The number of nitrogens with one attached hydrogen (secondary N) is 2. The maximum atomic E-state index is 7.04. The molecule has 1 heterocycles. The number of unbranched alkanes of at least 4 members (excludes halogenated alkanes) is 1. The molecule has 1 aromatic rings. The monoisotopic (exact) mass is 492 g/mol. The van der Waals surface area contributed by atoms with Gasteiger partial charge in [-0.2, -0.15) is 0 Å². The minimum absolute atomic E-state index is 0. The molecule has 118 valence electrons. The number of aromatic nitrogens is 1. The van der Waals surface area contributed by atoms with Gasteiger partial charge in [-0.05, 0) is 37.9 Å². The maximum absolute atomic E-state index is 7.04. The van der Waals surface area contributed by atoms with Crippen LogP contribution in [0.2, 0.25) is 0 Å². The SMILES string of the molecule is Br.Br.Br.N=C(N)SCCNCCCCc1ccccn1. The highest BCUT2D eigenvalue weighted by molar-refractivity contribution is 8.93. The first-order valence-electron chi connectivity index (χ1n) is 5.86. The predicted molar refractivity (Wildman–Crippen MR) is 105 cm³/mol. The minimum Gasteiger partial charge on any atom is -0.379 e. The average Bonchev–Trinajstić information content (AvgIpc) is 2.33. The molecule has 20 heavy (non-hydrogen) atoms. The number of pyridine rings is 1. The first-order valence-corrected chi connectivity index (χ1v) is 6.85. The molecule has 1 rings (SSSR count). The Balaban J connectivity index is -0.000000963. The molecule has 0 bridgehead atoms. The third-order valence-corrected chi connectivity index (χ3v) is 3.02. The molecule has 0 aliphatic carbocycles. The lowest BCUT2D eigenvalue weighted by atomic mass is 10.2. The summed E-state index contributed by atoms with van der Waals surface area (Å²) in [5, 5.41) is 10.6. The topological polar surface area (TPSA) is 74.8 Å². The number of rotatable bonds is 8. The lowest BCUT2D eigenvalue weighted by Gasteiger charge is -2.04. The van der Waals surface area contributed by atoms with E-state index >= 15 is 0 Å². The second-order valence-corrected chi connectivity index (χ2v) is 4.88. The molecule has 0 amide bonds. The quantitative estimate of drug-likeness (QED) is 0.294. The van der Waals surface area contributed by atoms with Gasteiger partial charge >= 0.3 is 0 Å². The smallest absolute Gasteiger partial charge is 0.151 e. The summed E-state index contributed by atoms with van der Waals surface area (Å²) < 4.78 is 0. The van der Waals surface area contributed by atoms with Crippen LogP contribution in [0, 0.1) is 5.41 Å². The highest BCUT2D eigenvalue weighted by atomic mass is 79.9. The molecule has 8 heteroatoms. The van der Waals surface area contributed by atoms with Gasteiger partial charge in [0.15, 0.2) is 5.17 Å². The van der Waals surface area contributed by atoms with Crippen LogP contribution >= 0.6 is 62.7 Å². The zero-order valence-electron chi connectivity index (χ0n) is 11.2. The number of amidine groups is 1. The molecule has 4 nitrogen and oxygen atoms in total. The molecule has 0 atom stereocenters. The van der Waals surface area contributed by atoms with E-state index < -0.39 is 0 Å². The zero-order valence-corrected chi connectivity index (χ0v) is 17.2. The Hall–Kier alpha value is 0.370. The summed E-state index contributed by atoms with van der Waals surface area (Å²) in [7, 11) is 0. The predicted octanol–water partition coefficient (Wildman–Crippen LogP) is 3.35. The van der Waals surface area contributed by atoms with Crippen molar-refractivity contribution in [2.24, 2.45) is 5.73 Å². The molecule has 0 radical (unpaired) electrons. The summed E-state index contributed by atoms with van der Waals surface area (Å²) in [6.45, 7) is 1.93. The van der Waals surface area contributed by atoms with Gasteiger partial charge in [0.05, 0.1) is 0 Å². The van der Waals surface area contributed by atoms with E-state index in [1.54, 1.807) is 0 Å². The summed E-state index contributed by atoms with van der Waals surface area (Å²) >= 11 is 1.38. The molecule has 0 unspecified atom stereocenters. The van der Waals surface area contributed by atoms with Crippen molar-refractivity contribution in [1.82, 2.24) is 10.3 Å². The second-order valence-electron chi connectivity index (χ2n) is 3.74. The molecule has 0 aromatic carbocycles. The van der Waals surface area contributed by atoms with Crippen molar-refractivity contribution in [3.63, 3.8) is 0 Å². The lowest BCUT2D eigenvalue weighted by molar-refractivity contribution is 0.639. The molecule has 0 saturated carbocycles. The molecule has 0 spiro atoms. The van der Waals surface area contributed by atoms with Crippen LogP contribution in [0.5, 0.6) is 0 Å². The van der Waals surface area contributed by atoms with Crippen LogP contribution in [0.3, 0.4) is 0 Å². The first kappa shape index (κ1) is 25.3. The van der Waals surface area contributed by atoms with Crippen LogP contribution in [-0.2, 0) is 6.42 Å². The summed E-state index contributed by atoms with van der Waals surface area (Å²) in [5.41, 5.74) is 6.40. The molecular formula is C12H23Br3N4S. The van der Waals surface area contributed by atoms with Gasteiger partial charge in [0.1, 0.15) is 0 Å². The lowest BCUT2D eigenvalue weighted by Crippen LogP contribution is -2.20. The fourth-order valence-electron chi connectivity index (χ4n) is 1.46. The third kappa shape index (κ3) is 14.8. The Morgan fingerprint density at radius 1 is 1.20 bits per heavy atom. The highest BCUT2D eigenvalue weighted by Crippen LogP contribution is 2.00. The summed E-state index contributed by atoms with van der Waals surface area (Å²) in [6.07, 6.45) is 5.20. The standard InChI is InChI=1S/C12H20N4S.3BrH/c13-12(14)17-10-9-15-7-3-1-5-11-6-2-4-8-16-11;;;/h2,4,6,8,15H,1,3,5,7,9-10H2,(H3,13,14);3*1H. The second kappa shape index (κ2) is 17.4. The molecular weight excluding hydrogens is 472 g/mol. The van der Waals surface area contributed by atoms with Gasteiger partial charge in [-0.15, -0.1) is 50.9 Å². The highest BCUT2D eigenvalue weighted by Gasteiger charge is 1.94. The van der Waals surface area contributed by atoms with Crippen LogP contribution in [-0.4, -0.2) is 29.0 Å². The van der Waals surface area contributed by atoms with Crippen molar-refractivity contribution in [2.75, 3.05) is 18.8 Å². The van der Waals surface area contributed by atoms with E-state index in [1.165, 1.54) is 17.5 Å². The van der Waals surface area contributed by atoms with Crippen molar-refractivity contribution in [2.45, 2.75) is 19.3 Å². The van der Waals surface area contributed by atoms with Crippen molar-refractivity contribution in [3.8, 4) is 0 Å². The average molecular weight is 495 g/mol. The molecule has 0 fully saturated rings. The fraction of sp³-hybridized carbons (Fsp3) is 0.500. The van der Waals surface area contributed by atoms with E-state index in [4.69, 9.17) is 11.1 Å². The van der Waals surface area contributed by atoms with E-state index in [1.807, 2.05) is 18.3 Å². The van der Waals surface area contributed by atoms with E-state index in [-0.39, 0.29) is 56.1 Å². The Kier molecular flexibility index (Phi) is 22.1. The molecule has 0 aliphatic heterocycles. The number of nitrogens with zero attached hydrogens (tertiary/aromatic N) is 1. The van der Waals surface area contributed by atoms with E-state index in [2.05, 4.69) is 16.4 Å². The van der Waals surface area contributed by atoms with Crippen LogP contribution < -0.4 is 11.1 Å². The van der Waals surface area contributed by atoms with Gasteiger partial charge in [0, 0.05) is 24.2 Å². The zero-order chi connectivity index (χ0) is 12.3. The van der Waals surface area contributed by atoms with E-state index in [9.17, 15) is 0 Å². The Morgan fingerprint density at radius 2 is 1.95 bits per heavy atom. The summed E-state index contributed by atoms with van der Waals surface area (Å²) in [4.78, 5) is 4.28. The van der Waals surface area contributed by atoms with Gasteiger partial charge < -0.3 is 11.1 Å². The number of halogens is 3. The molecule has 0 aliphatic rings. The van der Waals surface area contributed by atoms with Crippen molar-refractivity contribution < 1.29 is 0 Å². The van der Waals surface area contributed by atoms with Crippen LogP contribution in [0.1, 0.15) is 18.5 Å². The van der Waals surface area contributed by atoms with E-state index in [0.29, 0.717) is 0 Å². The largest absolute Gasteiger partial charge is 0.379 e. The summed E-state index contributed by atoms with van der Waals surface area (Å²) in [6, 6.07) is 6.04. The van der Waals surface area contributed by atoms with Crippen LogP contribution in [0.25, 0.3) is 0 Å². The molecule has 1 aromatic heterocycles. The van der Waals surface area contributed by atoms with Gasteiger partial charge in [0.2, 0.25) is 0 Å². The maximum Gasteiger partial charge on any atom is 0.151 e. The van der Waals surface area contributed by atoms with Gasteiger partial charge in [-0.3, -0.25) is 10.4 Å². The fourth-order valence-corrected chi connectivity index (χ4v) is 1.93. The summed E-state index contributed by atoms with van der Waals surface area (Å²) in [5.74, 6) is 0.871. The number of aryl methyl sites for hydroxylation is 1. The van der Waals surface area contributed by atoms with Crippen molar-refractivity contribution >= 4 is 67.9 Å². The first-order chi connectivity index (χ1) is 8.29. The van der Waals surface area contributed by atoms with Crippen LogP contribution in [0.4, 0.5) is 0 Å². The number of nitrogens with two attached hydrogens (primary N) is 1.